The average Bonchev–Trinajstić information content (AvgIpc) is 3.04. The van der Waals surface area contributed by atoms with Crippen molar-refractivity contribution in [2.75, 3.05) is 13.7 Å². The summed E-state index contributed by atoms with van der Waals surface area (Å²) in [5, 5.41) is 8.36. The first-order valence-corrected chi connectivity index (χ1v) is 7.16. The number of halogens is 1. The molecule has 106 valence electrons. The number of benzene rings is 1. The second kappa shape index (κ2) is 5.46. The molecule has 0 aliphatic carbocycles. The van der Waals surface area contributed by atoms with E-state index in [-0.39, 0.29) is 6.04 Å². The predicted octanol–water partition coefficient (Wildman–Crippen LogP) is 2.51. The number of rotatable bonds is 4. The van der Waals surface area contributed by atoms with Crippen LogP contribution in [0.4, 0.5) is 0 Å². The second-order valence-electron chi connectivity index (χ2n) is 5.08. The lowest BCUT2D eigenvalue weighted by Crippen LogP contribution is -2.21. The molecule has 0 fully saturated rings. The molecule has 1 aliphatic rings. The van der Waals surface area contributed by atoms with E-state index in [9.17, 15) is 0 Å². The van der Waals surface area contributed by atoms with Gasteiger partial charge in [-0.15, -0.1) is 0 Å². The van der Waals surface area contributed by atoms with Gasteiger partial charge in [0.25, 0.3) is 0 Å². The number of aryl methyl sites for hydroxylation is 1. The third kappa shape index (κ3) is 2.41. The van der Waals surface area contributed by atoms with Gasteiger partial charge in [0, 0.05) is 24.7 Å². The predicted molar refractivity (Wildman–Crippen MR) is 79.4 cm³/mol. The fourth-order valence-corrected chi connectivity index (χ4v) is 3.06. The summed E-state index contributed by atoms with van der Waals surface area (Å²) in [5.74, 6) is 1.01. The minimum atomic E-state index is 0.189. The highest BCUT2D eigenvalue weighted by molar-refractivity contribution is 6.30. The highest BCUT2D eigenvalue weighted by Gasteiger charge is 2.21. The summed E-state index contributed by atoms with van der Waals surface area (Å²) in [4.78, 5) is 0. The van der Waals surface area contributed by atoms with Crippen molar-refractivity contribution in [3.05, 3.63) is 46.2 Å². The van der Waals surface area contributed by atoms with Gasteiger partial charge in [0.05, 0.1) is 18.3 Å². The molecule has 0 amide bonds. The minimum absolute atomic E-state index is 0.189. The van der Waals surface area contributed by atoms with Crippen molar-refractivity contribution in [1.82, 2.24) is 15.1 Å². The molecule has 1 N–H and O–H groups in total. The van der Waals surface area contributed by atoms with Crippen LogP contribution in [0.2, 0.25) is 5.02 Å². The summed E-state index contributed by atoms with van der Waals surface area (Å²) < 4.78 is 7.66. The van der Waals surface area contributed by atoms with Crippen LogP contribution in [0.5, 0.6) is 5.75 Å². The smallest absolute Gasteiger partial charge is 0.125 e. The molecule has 0 spiro atoms. The van der Waals surface area contributed by atoms with Crippen LogP contribution < -0.4 is 10.1 Å². The number of aromatic nitrogens is 2. The van der Waals surface area contributed by atoms with E-state index in [1.54, 1.807) is 0 Å². The molecule has 3 rings (SSSR count). The van der Waals surface area contributed by atoms with E-state index in [1.807, 2.05) is 43.2 Å². The highest BCUT2D eigenvalue weighted by Crippen LogP contribution is 2.35. The zero-order chi connectivity index (χ0) is 14.1. The maximum atomic E-state index is 6.22. The lowest BCUT2D eigenvalue weighted by molar-refractivity contribution is 0.351. The van der Waals surface area contributed by atoms with Crippen LogP contribution in [0.1, 0.15) is 22.9 Å². The van der Waals surface area contributed by atoms with Gasteiger partial charge in [-0.05, 0) is 42.8 Å². The Morgan fingerprint density at radius 2 is 2.35 bits per heavy atom. The highest BCUT2D eigenvalue weighted by atomic mass is 35.5. The first-order valence-electron chi connectivity index (χ1n) is 6.78. The second-order valence-corrected chi connectivity index (χ2v) is 5.51. The summed E-state index contributed by atoms with van der Waals surface area (Å²) in [6.07, 6.45) is 3.59. The molecule has 0 radical (unpaired) electrons. The Kier molecular flexibility index (Phi) is 3.68. The molecule has 0 bridgehead atoms. The van der Waals surface area contributed by atoms with Gasteiger partial charge in [-0.2, -0.15) is 5.10 Å². The zero-order valence-electron chi connectivity index (χ0n) is 11.7. The van der Waals surface area contributed by atoms with Crippen molar-refractivity contribution >= 4 is 11.6 Å². The number of hydrogen-bond donors (Lipinski definition) is 1. The van der Waals surface area contributed by atoms with Crippen molar-refractivity contribution in [1.29, 1.82) is 0 Å². The fraction of sp³-hybridized carbons (Fsp3) is 0.400. The molecule has 4 nitrogen and oxygen atoms in total. The van der Waals surface area contributed by atoms with E-state index in [2.05, 4.69) is 10.4 Å². The Morgan fingerprint density at radius 3 is 3.05 bits per heavy atom. The maximum Gasteiger partial charge on any atom is 0.125 e. The van der Waals surface area contributed by atoms with E-state index in [1.165, 1.54) is 5.56 Å². The normalized spacial score (nSPS) is 14.9. The third-order valence-electron chi connectivity index (χ3n) is 3.81. The molecule has 0 saturated heterocycles. The van der Waals surface area contributed by atoms with Crippen molar-refractivity contribution in [2.24, 2.45) is 7.05 Å². The Labute approximate surface area is 123 Å². The van der Waals surface area contributed by atoms with Crippen LogP contribution in [0.15, 0.2) is 24.4 Å². The number of nitrogens with one attached hydrogen (secondary N) is 1. The maximum absolute atomic E-state index is 6.22. The van der Waals surface area contributed by atoms with Crippen molar-refractivity contribution in [2.45, 2.75) is 18.9 Å². The molecular formula is C15H18ClN3O. The van der Waals surface area contributed by atoms with Gasteiger partial charge in [0.1, 0.15) is 5.75 Å². The van der Waals surface area contributed by atoms with Gasteiger partial charge >= 0.3 is 0 Å². The van der Waals surface area contributed by atoms with Crippen molar-refractivity contribution in [3.63, 3.8) is 0 Å². The zero-order valence-corrected chi connectivity index (χ0v) is 12.4. The molecule has 0 saturated carbocycles. The Balaban J connectivity index is 1.92. The largest absolute Gasteiger partial charge is 0.493 e. The first-order chi connectivity index (χ1) is 9.69. The lowest BCUT2D eigenvalue weighted by Gasteiger charge is -2.18. The number of ether oxygens (including phenoxy) is 1. The van der Waals surface area contributed by atoms with E-state index in [0.717, 1.165) is 41.5 Å². The first kappa shape index (κ1) is 13.5. The Hall–Kier alpha value is -1.52. The van der Waals surface area contributed by atoms with Crippen LogP contribution in [-0.4, -0.2) is 23.4 Å². The molecule has 2 heterocycles. The van der Waals surface area contributed by atoms with Gasteiger partial charge < -0.3 is 10.1 Å². The Bertz CT molecular complexity index is 624. The van der Waals surface area contributed by atoms with Crippen LogP contribution in [0, 0.1) is 0 Å². The lowest BCUT2D eigenvalue weighted by atomic mass is 10.00. The monoisotopic (exact) mass is 291 g/mol. The third-order valence-corrected chi connectivity index (χ3v) is 4.03. The minimum Gasteiger partial charge on any atom is -0.493 e. The van der Waals surface area contributed by atoms with Crippen LogP contribution in [0.25, 0.3) is 0 Å². The van der Waals surface area contributed by atoms with E-state index in [4.69, 9.17) is 16.3 Å². The average molecular weight is 292 g/mol. The van der Waals surface area contributed by atoms with Crippen molar-refractivity contribution in [3.8, 4) is 5.75 Å². The number of nitrogens with zero attached hydrogens (tertiary/aromatic N) is 2. The molecular weight excluding hydrogens is 274 g/mol. The summed E-state index contributed by atoms with van der Waals surface area (Å²) in [6.45, 7) is 0.749. The van der Waals surface area contributed by atoms with Crippen LogP contribution in [0.3, 0.4) is 0 Å². The van der Waals surface area contributed by atoms with Gasteiger partial charge in [-0.25, -0.2) is 0 Å². The van der Waals surface area contributed by atoms with Crippen molar-refractivity contribution < 1.29 is 4.74 Å². The molecule has 1 aliphatic heterocycles. The van der Waals surface area contributed by atoms with E-state index in [0.29, 0.717) is 0 Å². The topological polar surface area (TPSA) is 39.1 Å². The summed E-state index contributed by atoms with van der Waals surface area (Å²) in [7, 11) is 3.92. The van der Waals surface area contributed by atoms with Crippen LogP contribution in [-0.2, 0) is 19.9 Å². The number of fused-ring (bicyclic) bond motifs is 1. The number of hydrogen-bond acceptors (Lipinski definition) is 3. The molecule has 1 aromatic carbocycles. The summed E-state index contributed by atoms with van der Waals surface area (Å²) in [5.41, 5.74) is 3.53. The Morgan fingerprint density at radius 1 is 1.50 bits per heavy atom. The molecule has 1 atom stereocenters. The molecule has 1 unspecified atom stereocenters. The fourth-order valence-electron chi connectivity index (χ4n) is 2.80. The quantitative estimate of drug-likeness (QED) is 0.941. The van der Waals surface area contributed by atoms with Gasteiger partial charge in [-0.3, -0.25) is 4.68 Å². The van der Waals surface area contributed by atoms with Gasteiger partial charge in [-0.1, -0.05) is 11.6 Å². The van der Waals surface area contributed by atoms with Gasteiger partial charge in [0.2, 0.25) is 0 Å². The molecule has 2 aromatic rings. The summed E-state index contributed by atoms with van der Waals surface area (Å²) in [6, 6.07) is 6.24. The van der Waals surface area contributed by atoms with Gasteiger partial charge in [0.15, 0.2) is 0 Å². The molecule has 5 heteroatoms. The molecule has 1 aromatic heterocycles. The van der Waals surface area contributed by atoms with Crippen LogP contribution >= 0.6 is 11.6 Å². The SMILES string of the molecule is CNC(Cc1cc(Cl)cc2c1OCC2)c1ccnn1C. The summed E-state index contributed by atoms with van der Waals surface area (Å²) >= 11 is 6.22. The number of likely N-dealkylation sites (N-methyl/N-ethyl adjacent to an activating group) is 1. The molecule has 20 heavy (non-hydrogen) atoms. The van der Waals surface area contributed by atoms with E-state index >= 15 is 0 Å². The van der Waals surface area contributed by atoms with E-state index < -0.39 is 0 Å². The standard InChI is InChI=1S/C15H18ClN3O/c1-17-13(14-3-5-18-19(14)2)9-11-8-12(16)7-10-4-6-20-15(10)11/h3,5,7-8,13,17H,4,6,9H2,1-2H3.